The van der Waals surface area contributed by atoms with Gasteiger partial charge in [0.05, 0.1) is 4.75 Å². The molecule has 0 aliphatic heterocycles. The van der Waals surface area contributed by atoms with Crippen LogP contribution in [0.2, 0.25) is 0 Å². The molecule has 0 spiro atoms. The van der Waals surface area contributed by atoms with Crippen molar-refractivity contribution in [3.63, 3.8) is 0 Å². The molecule has 0 atom stereocenters. The lowest BCUT2D eigenvalue weighted by molar-refractivity contribution is 0.419. The van der Waals surface area contributed by atoms with Crippen LogP contribution in [0.25, 0.3) is 0 Å². The smallest absolute Gasteiger partial charge is 0.218 e. The standard InChI is InChI=1S/C9H15NO3S/c1-7-4-5-8(13-7)14(11,12)9(2,3)6-10/h4-5H,6,10H2,1-3H3. The minimum atomic E-state index is -3.46. The van der Waals surface area contributed by atoms with Gasteiger partial charge in [0.15, 0.2) is 0 Å². The van der Waals surface area contributed by atoms with Crippen molar-refractivity contribution >= 4 is 9.84 Å². The first kappa shape index (κ1) is 11.3. The van der Waals surface area contributed by atoms with E-state index in [0.29, 0.717) is 5.76 Å². The molecule has 0 amide bonds. The highest BCUT2D eigenvalue weighted by Gasteiger charge is 2.36. The average Bonchev–Trinajstić information content (AvgIpc) is 2.52. The van der Waals surface area contributed by atoms with Gasteiger partial charge in [0.25, 0.3) is 0 Å². The second-order valence-corrected chi connectivity index (χ2v) is 6.35. The summed E-state index contributed by atoms with van der Waals surface area (Å²) in [7, 11) is -3.46. The highest BCUT2D eigenvalue weighted by molar-refractivity contribution is 7.92. The fraction of sp³-hybridized carbons (Fsp3) is 0.556. The van der Waals surface area contributed by atoms with E-state index < -0.39 is 14.6 Å². The van der Waals surface area contributed by atoms with Gasteiger partial charge in [-0.1, -0.05) is 0 Å². The number of furan rings is 1. The van der Waals surface area contributed by atoms with Gasteiger partial charge >= 0.3 is 0 Å². The number of hydrogen-bond acceptors (Lipinski definition) is 4. The van der Waals surface area contributed by atoms with Gasteiger partial charge in [-0.2, -0.15) is 0 Å². The van der Waals surface area contributed by atoms with Crippen LogP contribution in [-0.2, 0) is 9.84 Å². The Morgan fingerprint density at radius 3 is 2.36 bits per heavy atom. The molecule has 0 saturated heterocycles. The highest BCUT2D eigenvalue weighted by Crippen LogP contribution is 2.25. The van der Waals surface area contributed by atoms with Crippen LogP contribution in [0.3, 0.4) is 0 Å². The third-order valence-corrected chi connectivity index (χ3v) is 4.57. The summed E-state index contributed by atoms with van der Waals surface area (Å²) in [5.41, 5.74) is 5.42. The maximum Gasteiger partial charge on any atom is 0.218 e. The molecule has 1 aromatic rings. The van der Waals surface area contributed by atoms with Crippen molar-refractivity contribution in [1.29, 1.82) is 0 Å². The van der Waals surface area contributed by atoms with Crippen molar-refractivity contribution in [3.05, 3.63) is 17.9 Å². The molecule has 80 valence electrons. The topological polar surface area (TPSA) is 73.3 Å². The van der Waals surface area contributed by atoms with Crippen molar-refractivity contribution < 1.29 is 12.8 Å². The van der Waals surface area contributed by atoms with Crippen LogP contribution in [0.1, 0.15) is 19.6 Å². The zero-order chi connectivity index (χ0) is 11.0. The second kappa shape index (κ2) is 3.40. The molecule has 0 aliphatic rings. The predicted molar refractivity (Wildman–Crippen MR) is 53.8 cm³/mol. The molecule has 2 N–H and O–H groups in total. The van der Waals surface area contributed by atoms with Gasteiger partial charge in [-0.25, -0.2) is 8.42 Å². The first-order valence-electron chi connectivity index (χ1n) is 4.32. The van der Waals surface area contributed by atoms with Crippen molar-refractivity contribution in [1.82, 2.24) is 0 Å². The lowest BCUT2D eigenvalue weighted by atomic mass is 10.2. The molecule has 0 saturated carbocycles. The van der Waals surface area contributed by atoms with E-state index in [0.717, 1.165) is 0 Å². The van der Waals surface area contributed by atoms with Crippen LogP contribution in [0.4, 0.5) is 0 Å². The lowest BCUT2D eigenvalue weighted by Crippen LogP contribution is -2.39. The minimum absolute atomic E-state index is 0.00884. The van der Waals surface area contributed by atoms with Gasteiger partial charge in [-0.3, -0.25) is 0 Å². The summed E-state index contributed by atoms with van der Waals surface area (Å²) < 4.78 is 28.0. The zero-order valence-corrected chi connectivity index (χ0v) is 9.39. The molecule has 4 nitrogen and oxygen atoms in total. The molecule has 0 bridgehead atoms. The maximum atomic E-state index is 11.9. The van der Waals surface area contributed by atoms with E-state index in [-0.39, 0.29) is 11.6 Å². The van der Waals surface area contributed by atoms with Crippen molar-refractivity contribution in [2.24, 2.45) is 5.73 Å². The molecule has 14 heavy (non-hydrogen) atoms. The summed E-state index contributed by atoms with van der Waals surface area (Å²) in [5.74, 6) is 0.580. The van der Waals surface area contributed by atoms with Crippen molar-refractivity contribution in [2.45, 2.75) is 30.6 Å². The Morgan fingerprint density at radius 1 is 1.43 bits per heavy atom. The van der Waals surface area contributed by atoms with Crippen LogP contribution in [0.15, 0.2) is 21.6 Å². The van der Waals surface area contributed by atoms with Gasteiger partial charge in [-0.15, -0.1) is 0 Å². The fourth-order valence-corrected chi connectivity index (χ4v) is 2.19. The molecule has 0 aliphatic carbocycles. The van der Waals surface area contributed by atoms with Crippen LogP contribution in [-0.4, -0.2) is 19.7 Å². The zero-order valence-electron chi connectivity index (χ0n) is 8.57. The number of rotatable bonds is 3. The van der Waals surface area contributed by atoms with Crippen LogP contribution in [0.5, 0.6) is 0 Å². The summed E-state index contributed by atoms with van der Waals surface area (Å²) in [6.07, 6.45) is 0. The Balaban J connectivity index is 3.22. The number of sulfone groups is 1. The Bertz CT molecular complexity index is 417. The summed E-state index contributed by atoms with van der Waals surface area (Å²) >= 11 is 0. The SMILES string of the molecule is Cc1ccc(S(=O)(=O)C(C)(C)CN)o1. The Kier molecular flexibility index (Phi) is 2.74. The summed E-state index contributed by atoms with van der Waals surface area (Å²) in [6.45, 7) is 4.93. The van der Waals surface area contributed by atoms with Gasteiger partial charge < -0.3 is 10.2 Å². The van der Waals surface area contributed by atoms with E-state index in [1.807, 2.05) is 0 Å². The van der Waals surface area contributed by atoms with Gasteiger partial charge in [0.1, 0.15) is 5.76 Å². The summed E-state index contributed by atoms with van der Waals surface area (Å²) in [6, 6.07) is 3.08. The van der Waals surface area contributed by atoms with E-state index >= 15 is 0 Å². The third kappa shape index (κ3) is 1.69. The number of aryl methyl sites for hydroxylation is 1. The van der Waals surface area contributed by atoms with Crippen LogP contribution in [0, 0.1) is 6.92 Å². The van der Waals surface area contributed by atoms with E-state index in [4.69, 9.17) is 10.2 Å². The summed E-state index contributed by atoms with van der Waals surface area (Å²) in [5, 5.41) is -0.00884. The molecule has 1 heterocycles. The molecule has 5 heteroatoms. The van der Waals surface area contributed by atoms with Gasteiger partial charge in [0.2, 0.25) is 14.9 Å². The number of nitrogens with two attached hydrogens (primary N) is 1. The third-order valence-electron chi connectivity index (χ3n) is 2.20. The van der Waals surface area contributed by atoms with Crippen molar-refractivity contribution in [3.8, 4) is 0 Å². The van der Waals surface area contributed by atoms with Crippen LogP contribution >= 0.6 is 0 Å². The summed E-state index contributed by atoms with van der Waals surface area (Å²) in [4.78, 5) is 0. The lowest BCUT2D eigenvalue weighted by Gasteiger charge is -2.20. The van der Waals surface area contributed by atoms with Crippen LogP contribution < -0.4 is 5.73 Å². The van der Waals surface area contributed by atoms with E-state index in [2.05, 4.69) is 0 Å². The Morgan fingerprint density at radius 2 is 2.00 bits per heavy atom. The number of hydrogen-bond donors (Lipinski definition) is 1. The fourth-order valence-electron chi connectivity index (χ4n) is 0.939. The molecule has 0 unspecified atom stereocenters. The van der Waals surface area contributed by atoms with E-state index in [1.54, 1.807) is 26.8 Å². The molecular formula is C9H15NO3S. The monoisotopic (exact) mass is 217 g/mol. The highest BCUT2D eigenvalue weighted by atomic mass is 32.2. The Labute approximate surface area is 84.0 Å². The molecular weight excluding hydrogens is 202 g/mol. The van der Waals surface area contributed by atoms with Gasteiger partial charge in [-0.05, 0) is 32.9 Å². The molecule has 0 aromatic carbocycles. The van der Waals surface area contributed by atoms with E-state index in [9.17, 15) is 8.42 Å². The normalized spacial score (nSPS) is 13.1. The van der Waals surface area contributed by atoms with Gasteiger partial charge in [0, 0.05) is 6.54 Å². The quantitative estimate of drug-likeness (QED) is 0.822. The largest absolute Gasteiger partial charge is 0.450 e. The molecule has 0 radical (unpaired) electrons. The second-order valence-electron chi connectivity index (χ2n) is 3.83. The first-order chi connectivity index (χ1) is 6.31. The Hall–Kier alpha value is -0.810. The minimum Gasteiger partial charge on any atom is -0.450 e. The average molecular weight is 217 g/mol. The first-order valence-corrected chi connectivity index (χ1v) is 5.81. The maximum absolute atomic E-state index is 11.9. The molecule has 0 fully saturated rings. The van der Waals surface area contributed by atoms with E-state index in [1.165, 1.54) is 6.07 Å². The predicted octanol–water partition coefficient (Wildman–Crippen LogP) is 1.10. The molecule has 1 aromatic heterocycles. The van der Waals surface area contributed by atoms with Crippen molar-refractivity contribution in [2.75, 3.05) is 6.54 Å². The molecule has 1 rings (SSSR count).